The molecule has 4 aromatic rings. The highest BCUT2D eigenvalue weighted by molar-refractivity contribution is 6.07. The lowest BCUT2D eigenvalue weighted by Gasteiger charge is -2.13. The molecule has 2 aromatic heterocycles. The third-order valence-electron chi connectivity index (χ3n) is 8.50. The summed E-state index contributed by atoms with van der Waals surface area (Å²) in [7, 11) is 0. The number of imide groups is 1. The number of aromatic nitrogens is 3. The largest absolute Gasteiger partial charge is 0.508 e. The van der Waals surface area contributed by atoms with Gasteiger partial charge in [0.1, 0.15) is 17.1 Å². The van der Waals surface area contributed by atoms with Gasteiger partial charge in [0.05, 0.1) is 17.5 Å². The predicted octanol–water partition coefficient (Wildman–Crippen LogP) is 4.41. The fraction of sp³-hybridized carbons (Fsp3) is 0.444. The standard InChI is InChI=1S/C36H44N6O7/c1-3-4-8-29-40-34-35(41(29)22-25-10-12-28(43)23(2)20-25)26-11-9-24(21-27(26)39-36(34)37)7-5-18-48-19-6-17-38-30(44)13-16-33(47)49-42-31(45)14-15-32(42)46/h9-12,20-21,43H,3-8,13-19,22H2,1-2H3,(H2,37,39)(H,38,44). The van der Waals surface area contributed by atoms with E-state index in [0.717, 1.165) is 71.0 Å². The van der Waals surface area contributed by atoms with Crippen LogP contribution in [0.1, 0.15) is 80.8 Å². The van der Waals surface area contributed by atoms with Crippen molar-refractivity contribution in [3.05, 3.63) is 58.9 Å². The van der Waals surface area contributed by atoms with Gasteiger partial charge in [-0.05, 0) is 61.4 Å². The third-order valence-corrected chi connectivity index (χ3v) is 8.50. The highest BCUT2D eigenvalue weighted by Gasteiger charge is 2.32. The number of carbonyl (C=O) groups excluding carboxylic acids is 4. The third kappa shape index (κ3) is 8.91. The number of imidazole rings is 1. The lowest BCUT2D eigenvalue weighted by Crippen LogP contribution is -2.32. The molecule has 13 nitrogen and oxygen atoms in total. The van der Waals surface area contributed by atoms with Gasteiger partial charge < -0.3 is 30.3 Å². The first-order valence-electron chi connectivity index (χ1n) is 16.9. The number of phenolic OH excluding ortho intramolecular Hbond substituents is 1. The Labute approximate surface area is 284 Å². The highest BCUT2D eigenvalue weighted by atomic mass is 16.7. The van der Waals surface area contributed by atoms with Crippen molar-refractivity contribution in [1.29, 1.82) is 0 Å². The number of unbranched alkanes of at least 4 members (excludes halogenated alkanes) is 1. The Morgan fingerprint density at radius 1 is 0.959 bits per heavy atom. The average molecular weight is 673 g/mol. The number of nitrogens with one attached hydrogen (secondary N) is 1. The van der Waals surface area contributed by atoms with Crippen LogP contribution in [0, 0.1) is 6.92 Å². The van der Waals surface area contributed by atoms with Gasteiger partial charge in [-0.2, -0.15) is 0 Å². The molecule has 3 heterocycles. The minimum Gasteiger partial charge on any atom is -0.508 e. The molecule has 5 rings (SSSR count). The Morgan fingerprint density at radius 3 is 2.47 bits per heavy atom. The molecule has 1 fully saturated rings. The first-order chi connectivity index (χ1) is 23.6. The minimum atomic E-state index is -0.801. The van der Waals surface area contributed by atoms with Crippen molar-refractivity contribution >= 4 is 51.4 Å². The summed E-state index contributed by atoms with van der Waals surface area (Å²) in [6.07, 6.45) is 4.81. The second kappa shape index (κ2) is 16.4. The van der Waals surface area contributed by atoms with E-state index >= 15 is 0 Å². The van der Waals surface area contributed by atoms with Gasteiger partial charge in [0.15, 0.2) is 5.82 Å². The van der Waals surface area contributed by atoms with E-state index in [2.05, 4.69) is 35.0 Å². The van der Waals surface area contributed by atoms with Crippen molar-refractivity contribution in [3.8, 4) is 5.75 Å². The van der Waals surface area contributed by atoms with Gasteiger partial charge in [-0.15, -0.1) is 5.06 Å². The summed E-state index contributed by atoms with van der Waals surface area (Å²) in [5, 5.41) is 14.2. The molecular weight excluding hydrogens is 628 g/mol. The van der Waals surface area contributed by atoms with Crippen LogP contribution in [0.25, 0.3) is 21.9 Å². The van der Waals surface area contributed by atoms with Crippen molar-refractivity contribution in [2.24, 2.45) is 0 Å². The van der Waals surface area contributed by atoms with Crippen LogP contribution in [0.5, 0.6) is 5.75 Å². The average Bonchev–Trinajstić information content (AvgIpc) is 3.60. The molecule has 1 aliphatic heterocycles. The zero-order chi connectivity index (χ0) is 34.9. The number of rotatable bonds is 17. The summed E-state index contributed by atoms with van der Waals surface area (Å²) in [6.45, 7) is 6.09. The van der Waals surface area contributed by atoms with Gasteiger partial charge in [-0.1, -0.05) is 37.6 Å². The number of ether oxygens (including phenoxy) is 1. The summed E-state index contributed by atoms with van der Waals surface area (Å²) in [4.78, 5) is 61.3. The lowest BCUT2D eigenvalue weighted by atomic mass is 10.1. The van der Waals surface area contributed by atoms with Crippen molar-refractivity contribution in [3.63, 3.8) is 0 Å². The molecule has 0 atom stereocenters. The Bertz CT molecular complexity index is 1840. The van der Waals surface area contributed by atoms with Gasteiger partial charge in [0.25, 0.3) is 11.8 Å². The minimum absolute atomic E-state index is 0.0199. The molecule has 0 radical (unpaired) electrons. The number of carbonyl (C=O) groups is 4. The van der Waals surface area contributed by atoms with E-state index in [-0.39, 0.29) is 37.3 Å². The van der Waals surface area contributed by atoms with E-state index in [1.54, 1.807) is 6.07 Å². The fourth-order valence-corrected chi connectivity index (χ4v) is 5.85. The van der Waals surface area contributed by atoms with Crippen molar-refractivity contribution in [2.75, 3.05) is 25.5 Å². The van der Waals surface area contributed by atoms with Crippen LogP contribution in [0.15, 0.2) is 36.4 Å². The normalized spacial score (nSPS) is 13.1. The van der Waals surface area contributed by atoms with Crippen LogP contribution >= 0.6 is 0 Å². The van der Waals surface area contributed by atoms with E-state index < -0.39 is 17.8 Å². The molecular formula is C36H44N6O7. The molecule has 0 spiro atoms. The SMILES string of the molecule is CCCCc1nc2c(N)nc3cc(CCCOCCCNC(=O)CCC(=O)ON4C(=O)CCC4=O)ccc3c2n1Cc1ccc(O)c(C)c1. The number of hydrogen-bond acceptors (Lipinski definition) is 10. The lowest BCUT2D eigenvalue weighted by molar-refractivity contribution is -0.197. The molecule has 13 heteroatoms. The monoisotopic (exact) mass is 672 g/mol. The smallest absolute Gasteiger partial charge is 0.333 e. The van der Waals surface area contributed by atoms with Crippen LogP contribution in [-0.2, 0) is 48.1 Å². The molecule has 260 valence electrons. The predicted molar refractivity (Wildman–Crippen MR) is 183 cm³/mol. The second-order valence-electron chi connectivity index (χ2n) is 12.3. The number of fused-ring (bicyclic) bond motifs is 3. The number of nitrogens with zero attached hydrogens (tertiary/aromatic N) is 4. The number of anilines is 1. The second-order valence-corrected chi connectivity index (χ2v) is 12.3. The van der Waals surface area contributed by atoms with Crippen LogP contribution in [0.4, 0.5) is 5.82 Å². The summed E-state index contributed by atoms with van der Waals surface area (Å²) >= 11 is 0. The Hall–Kier alpha value is -5.04. The number of nitrogens with two attached hydrogens (primary N) is 1. The molecule has 2 aromatic carbocycles. The first-order valence-corrected chi connectivity index (χ1v) is 16.9. The number of hydrogen-bond donors (Lipinski definition) is 3. The van der Waals surface area contributed by atoms with Crippen LogP contribution in [0.3, 0.4) is 0 Å². The number of phenols is 1. The molecule has 1 aliphatic rings. The molecule has 0 unspecified atom stereocenters. The summed E-state index contributed by atoms with van der Waals surface area (Å²) < 4.78 is 8.00. The fourth-order valence-electron chi connectivity index (χ4n) is 5.85. The molecule has 1 saturated heterocycles. The zero-order valence-corrected chi connectivity index (χ0v) is 28.1. The van der Waals surface area contributed by atoms with Crippen molar-refractivity contribution < 1.29 is 33.9 Å². The number of hydroxylamine groups is 2. The Balaban J connectivity index is 1.09. The molecule has 3 amide bonds. The van der Waals surface area contributed by atoms with E-state index in [4.69, 9.17) is 25.3 Å². The van der Waals surface area contributed by atoms with Crippen molar-refractivity contribution in [2.45, 2.75) is 84.6 Å². The van der Waals surface area contributed by atoms with Gasteiger partial charge in [0.2, 0.25) is 5.91 Å². The van der Waals surface area contributed by atoms with Gasteiger partial charge in [-0.25, -0.2) is 14.8 Å². The van der Waals surface area contributed by atoms with E-state index in [1.807, 2.05) is 19.1 Å². The number of benzene rings is 2. The number of nitrogen functional groups attached to an aromatic ring is 1. The van der Waals surface area contributed by atoms with Crippen LogP contribution in [-0.4, -0.2) is 68.2 Å². The number of amides is 3. The number of aromatic hydroxyl groups is 1. The highest BCUT2D eigenvalue weighted by Crippen LogP contribution is 2.31. The van der Waals surface area contributed by atoms with E-state index in [0.29, 0.717) is 49.1 Å². The maximum Gasteiger partial charge on any atom is 0.333 e. The Kier molecular flexibility index (Phi) is 11.8. The molecule has 0 bridgehead atoms. The number of pyridine rings is 1. The number of aryl methyl sites for hydroxylation is 3. The van der Waals surface area contributed by atoms with Crippen molar-refractivity contribution in [1.82, 2.24) is 24.9 Å². The molecule has 49 heavy (non-hydrogen) atoms. The van der Waals surface area contributed by atoms with E-state index in [9.17, 15) is 24.3 Å². The summed E-state index contributed by atoms with van der Waals surface area (Å²) in [5.41, 5.74) is 12.0. The molecule has 0 saturated carbocycles. The summed E-state index contributed by atoms with van der Waals surface area (Å²) in [6, 6.07) is 12.0. The quantitative estimate of drug-likeness (QED) is 0.107. The maximum absolute atomic E-state index is 12.0. The topological polar surface area (TPSA) is 179 Å². The Morgan fingerprint density at radius 2 is 1.71 bits per heavy atom. The van der Waals surface area contributed by atoms with Gasteiger partial charge in [-0.3, -0.25) is 14.4 Å². The van der Waals surface area contributed by atoms with Gasteiger partial charge >= 0.3 is 5.97 Å². The molecule has 0 aliphatic carbocycles. The zero-order valence-electron chi connectivity index (χ0n) is 28.1. The van der Waals surface area contributed by atoms with Crippen LogP contribution < -0.4 is 11.1 Å². The van der Waals surface area contributed by atoms with E-state index in [1.165, 1.54) is 0 Å². The maximum atomic E-state index is 12.0. The summed E-state index contributed by atoms with van der Waals surface area (Å²) in [5.74, 6) is -0.578. The molecule has 4 N–H and O–H groups in total. The van der Waals surface area contributed by atoms with Crippen LogP contribution in [0.2, 0.25) is 0 Å². The van der Waals surface area contributed by atoms with Gasteiger partial charge in [0, 0.05) is 57.4 Å². The first kappa shape index (κ1) is 35.3.